The van der Waals surface area contributed by atoms with E-state index in [-0.39, 0.29) is 36.4 Å². The average molecular weight is 315 g/mol. The van der Waals surface area contributed by atoms with Gasteiger partial charge in [-0.05, 0) is 13.3 Å². The van der Waals surface area contributed by atoms with Crippen molar-refractivity contribution in [3.8, 4) is 0 Å². The van der Waals surface area contributed by atoms with E-state index >= 15 is 0 Å². The van der Waals surface area contributed by atoms with Crippen LogP contribution in [0.15, 0.2) is 10.6 Å². The quantitative estimate of drug-likeness (QED) is 0.715. The van der Waals surface area contributed by atoms with Gasteiger partial charge in [-0.25, -0.2) is 8.42 Å². The first kappa shape index (κ1) is 15.5. The van der Waals surface area contributed by atoms with Gasteiger partial charge in [-0.2, -0.15) is 0 Å². The lowest BCUT2D eigenvalue weighted by Crippen LogP contribution is -2.42. The van der Waals surface area contributed by atoms with Crippen LogP contribution in [0.3, 0.4) is 0 Å². The normalized spacial score (nSPS) is 20.1. The smallest absolute Gasteiger partial charge is 0.239 e. The highest BCUT2D eigenvalue weighted by atomic mass is 32.2. The molecule has 0 radical (unpaired) electrons. The summed E-state index contributed by atoms with van der Waals surface area (Å²) >= 11 is 0. The SMILES string of the molecule is Cc1cc(CC(=O)NCC(=O)NC2CCS(=O)(=O)C2)no1. The molecule has 0 saturated carbocycles. The Balaban J connectivity index is 1.70. The minimum Gasteiger partial charge on any atom is -0.361 e. The van der Waals surface area contributed by atoms with E-state index in [0.717, 1.165) is 0 Å². The predicted octanol–water partition coefficient (Wildman–Crippen LogP) is -1.05. The van der Waals surface area contributed by atoms with Crippen molar-refractivity contribution >= 4 is 21.7 Å². The minimum absolute atomic E-state index is 0.0302. The summed E-state index contributed by atoms with van der Waals surface area (Å²) < 4.78 is 27.3. The Bertz CT molecular complexity index is 637. The van der Waals surface area contributed by atoms with Gasteiger partial charge in [-0.1, -0.05) is 5.16 Å². The average Bonchev–Trinajstić information content (AvgIpc) is 2.93. The predicted molar refractivity (Wildman–Crippen MR) is 73.2 cm³/mol. The van der Waals surface area contributed by atoms with E-state index < -0.39 is 15.7 Å². The first-order valence-corrected chi connectivity index (χ1v) is 8.35. The highest BCUT2D eigenvalue weighted by Crippen LogP contribution is 2.10. The Hall–Kier alpha value is -1.90. The summed E-state index contributed by atoms with van der Waals surface area (Å²) in [5.74, 6) is -0.0852. The van der Waals surface area contributed by atoms with Crippen molar-refractivity contribution in [2.24, 2.45) is 0 Å². The number of nitrogens with one attached hydrogen (secondary N) is 2. The van der Waals surface area contributed by atoms with Crippen LogP contribution in [0.1, 0.15) is 17.9 Å². The molecule has 116 valence electrons. The second-order valence-corrected chi connectivity index (χ2v) is 7.28. The van der Waals surface area contributed by atoms with E-state index in [1.54, 1.807) is 13.0 Å². The second-order valence-electron chi connectivity index (χ2n) is 5.05. The number of carbonyl (C=O) groups excluding carboxylic acids is 2. The molecule has 2 rings (SSSR count). The van der Waals surface area contributed by atoms with Gasteiger partial charge in [-0.15, -0.1) is 0 Å². The molecule has 1 saturated heterocycles. The number of sulfone groups is 1. The van der Waals surface area contributed by atoms with E-state index in [4.69, 9.17) is 4.52 Å². The van der Waals surface area contributed by atoms with E-state index in [1.807, 2.05) is 0 Å². The number of hydrogen-bond acceptors (Lipinski definition) is 6. The third kappa shape index (κ3) is 4.85. The van der Waals surface area contributed by atoms with Gasteiger partial charge in [0.2, 0.25) is 11.8 Å². The molecule has 8 nitrogen and oxygen atoms in total. The molecule has 21 heavy (non-hydrogen) atoms. The maximum Gasteiger partial charge on any atom is 0.239 e. The molecule has 1 aliphatic rings. The molecule has 1 aliphatic heterocycles. The van der Waals surface area contributed by atoms with Gasteiger partial charge < -0.3 is 15.2 Å². The summed E-state index contributed by atoms with van der Waals surface area (Å²) in [6.07, 6.45) is 0.447. The molecule has 0 spiro atoms. The monoisotopic (exact) mass is 315 g/mol. The van der Waals surface area contributed by atoms with Crippen molar-refractivity contribution in [2.75, 3.05) is 18.1 Å². The maximum absolute atomic E-state index is 11.6. The van der Waals surface area contributed by atoms with Crippen molar-refractivity contribution in [1.29, 1.82) is 0 Å². The van der Waals surface area contributed by atoms with Gasteiger partial charge in [0.1, 0.15) is 5.76 Å². The van der Waals surface area contributed by atoms with Crippen LogP contribution >= 0.6 is 0 Å². The molecule has 1 aromatic rings. The van der Waals surface area contributed by atoms with Crippen LogP contribution in [0.5, 0.6) is 0 Å². The third-order valence-corrected chi connectivity index (χ3v) is 4.83. The topological polar surface area (TPSA) is 118 Å². The molecule has 0 aliphatic carbocycles. The van der Waals surface area contributed by atoms with Gasteiger partial charge >= 0.3 is 0 Å². The highest BCUT2D eigenvalue weighted by Gasteiger charge is 2.28. The van der Waals surface area contributed by atoms with E-state index in [9.17, 15) is 18.0 Å². The largest absolute Gasteiger partial charge is 0.361 e. The Labute approximate surface area is 122 Å². The molecule has 1 atom stereocenters. The molecule has 2 N–H and O–H groups in total. The lowest BCUT2D eigenvalue weighted by molar-refractivity contribution is -0.126. The lowest BCUT2D eigenvalue weighted by atomic mass is 10.2. The molecular weight excluding hydrogens is 298 g/mol. The number of aromatic nitrogens is 1. The first-order valence-electron chi connectivity index (χ1n) is 6.53. The molecule has 0 bridgehead atoms. The van der Waals surface area contributed by atoms with Crippen LogP contribution in [0, 0.1) is 6.92 Å². The van der Waals surface area contributed by atoms with Crippen LogP contribution in [0.25, 0.3) is 0 Å². The van der Waals surface area contributed by atoms with E-state index in [2.05, 4.69) is 15.8 Å². The zero-order valence-corrected chi connectivity index (χ0v) is 12.4. The number of hydrogen-bond donors (Lipinski definition) is 2. The molecule has 1 unspecified atom stereocenters. The number of rotatable bonds is 5. The summed E-state index contributed by atoms with van der Waals surface area (Å²) in [5, 5.41) is 8.72. The highest BCUT2D eigenvalue weighted by molar-refractivity contribution is 7.91. The fraction of sp³-hybridized carbons (Fsp3) is 0.583. The Morgan fingerprint density at radius 2 is 2.19 bits per heavy atom. The zero-order chi connectivity index (χ0) is 15.5. The lowest BCUT2D eigenvalue weighted by Gasteiger charge is -2.11. The number of carbonyl (C=O) groups is 2. The summed E-state index contributed by atoms with van der Waals surface area (Å²) in [4.78, 5) is 23.2. The van der Waals surface area contributed by atoms with Crippen LogP contribution in [0.4, 0.5) is 0 Å². The molecule has 2 amide bonds. The molecule has 0 aromatic carbocycles. The third-order valence-electron chi connectivity index (χ3n) is 3.06. The van der Waals surface area contributed by atoms with E-state index in [1.165, 1.54) is 0 Å². The summed E-state index contributed by atoms with van der Waals surface area (Å²) in [5.41, 5.74) is 0.493. The van der Waals surface area contributed by atoms with Crippen LogP contribution in [-0.2, 0) is 25.8 Å². The van der Waals surface area contributed by atoms with Gasteiger partial charge in [0.25, 0.3) is 0 Å². The fourth-order valence-electron chi connectivity index (χ4n) is 2.09. The second kappa shape index (κ2) is 6.25. The minimum atomic E-state index is -3.03. The van der Waals surface area contributed by atoms with Gasteiger partial charge in [0, 0.05) is 12.1 Å². The fourth-order valence-corrected chi connectivity index (χ4v) is 3.77. The Morgan fingerprint density at radius 3 is 2.76 bits per heavy atom. The Kier molecular flexibility index (Phi) is 4.61. The van der Waals surface area contributed by atoms with Crippen LogP contribution < -0.4 is 10.6 Å². The number of nitrogens with zero attached hydrogens (tertiary/aromatic N) is 1. The van der Waals surface area contributed by atoms with Crippen molar-refractivity contribution in [3.63, 3.8) is 0 Å². The molecule has 1 aromatic heterocycles. The van der Waals surface area contributed by atoms with Gasteiger partial charge in [-0.3, -0.25) is 9.59 Å². The maximum atomic E-state index is 11.6. The summed E-state index contributed by atoms with van der Waals surface area (Å²) in [6, 6.07) is 1.28. The number of aryl methyl sites for hydroxylation is 1. The molecular formula is C12H17N3O5S. The summed E-state index contributed by atoms with van der Waals surface area (Å²) in [6.45, 7) is 1.53. The molecule has 1 fully saturated rings. The molecule has 2 heterocycles. The summed E-state index contributed by atoms with van der Waals surface area (Å²) in [7, 11) is -3.03. The van der Waals surface area contributed by atoms with Gasteiger partial charge in [0.15, 0.2) is 9.84 Å². The van der Waals surface area contributed by atoms with Crippen LogP contribution in [0.2, 0.25) is 0 Å². The Morgan fingerprint density at radius 1 is 1.43 bits per heavy atom. The van der Waals surface area contributed by atoms with Gasteiger partial charge in [0.05, 0.1) is 30.2 Å². The van der Waals surface area contributed by atoms with Crippen LogP contribution in [-0.4, -0.2) is 49.5 Å². The first-order chi connectivity index (χ1) is 9.84. The van der Waals surface area contributed by atoms with Crippen molar-refractivity contribution in [2.45, 2.75) is 25.8 Å². The number of amides is 2. The van der Waals surface area contributed by atoms with Crippen molar-refractivity contribution in [3.05, 3.63) is 17.5 Å². The van der Waals surface area contributed by atoms with Crippen molar-refractivity contribution in [1.82, 2.24) is 15.8 Å². The standard InChI is InChI=1S/C12H17N3O5S/c1-8-4-10(15-20-8)5-11(16)13-6-12(17)14-9-2-3-21(18,19)7-9/h4,9H,2-3,5-7H2,1H3,(H,13,16)(H,14,17). The van der Waals surface area contributed by atoms with E-state index in [0.29, 0.717) is 17.9 Å². The van der Waals surface area contributed by atoms with Crippen molar-refractivity contribution < 1.29 is 22.5 Å². The zero-order valence-electron chi connectivity index (χ0n) is 11.6. The molecule has 9 heteroatoms.